The van der Waals surface area contributed by atoms with Gasteiger partial charge in [-0.25, -0.2) is 9.78 Å². The summed E-state index contributed by atoms with van der Waals surface area (Å²) in [6, 6.07) is 0.381. The zero-order valence-electron chi connectivity index (χ0n) is 11.6. The highest BCUT2D eigenvalue weighted by Crippen LogP contribution is 2.34. The number of methoxy groups -OCH3 is 1. The smallest absolute Gasteiger partial charge is 0.358 e. The van der Waals surface area contributed by atoms with Gasteiger partial charge in [0.15, 0.2) is 16.6 Å². The van der Waals surface area contributed by atoms with Gasteiger partial charge in [-0.15, -0.1) is 0 Å². The van der Waals surface area contributed by atoms with E-state index in [0.29, 0.717) is 16.8 Å². The van der Waals surface area contributed by atoms with Crippen LogP contribution in [0.1, 0.15) is 47.4 Å². The third-order valence-corrected chi connectivity index (χ3v) is 4.54. The van der Waals surface area contributed by atoms with E-state index >= 15 is 0 Å². The number of carbonyl (C=O) groups is 2. The average Bonchev–Trinajstić information content (AvgIpc) is 2.91. The first-order chi connectivity index (χ1) is 8.93. The van der Waals surface area contributed by atoms with Gasteiger partial charge in [-0.1, -0.05) is 18.3 Å². The van der Waals surface area contributed by atoms with E-state index in [1.807, 2.05) is 0 Å². The Morgan fingerprint density at radius 2 is 2.11 bits per heavy atom. The molecule has 1 aliphatic rings. The lowest BCUT2D eigenvalue weighted by Crippen LogP contribution is -2.26. The van der Waals surface area contributed by atoms with E-state index in [4.69, 9.17) is 0 Å². The predicted molar refractivity (Wildman–Crippen MR) is 74.0 cm³/mol. The van der Waals surface area contributed by atoms with Gasteiger partial charge in [0.1, 0.15) is 4.88 Å². The van der Waals surface area contributed by atoms with Gasteiger partial charge in [0.25, 0.3) is 0 Å². The summed E-state index contributed by atoms with van der Waals surface area (Å²) in [6.45, 7) is 6.68. The normalized spacial score (nSPS) is 22.6. The van der Waals surface area contributed by atoms with Crippen molar-refractivity contribution in [1.29, 1.82) is 0 Å². The van der Waals surface area contributed by atoms with Gasteiger partial charge in [0.2, 0.25) is 0 Å². The number of carbonyl (C=O) groups excluding carboxylic acids is 2. The largest absolute Gasteiger partial charge is 0.464 e. The maximum atomic E-state index is 11.7. The fraction of sp³-hybridized carbons (Fsp3) is 0.615. The number of Topliss-reactive ketones (excluding diaryl/α,β-unsaturated/α-hetero) is 1. The molecule has 0 radical (unpaired) electrons. The minimum absolute atomic E-state index is 0.141. The van der Waals surface area contributed by atoms with Crippen molar-refractivity contribution in [3.63, 3.8) is 0 Å². The van der Waals surface area contributed by atoms with Crippen LogP contribution in [0.15, 0.2) is 0 Å². The highest BCUT2D eigenvalue weighted by Gasteiger charge is 2.31. The number of rotatable bonds is 3. The molecule has 0 saturated carbocycles. The lowest BCUT2D eigenvalue weighted by Gasteiger charge is -2.19. The van der Waals surface area contributed by atoms with Crippen LogP contribution in [0, 0.1) is 5.92 Å². The van der Waals surface area contributed by atoms with Crippen LogP contribution in [0.5, 0.6) is 0 Å². The molecule has 104 valence electrons. The molecule has 2 atom stereocenters. The topological polar surface area (TPSA) is 59.5 Å². The molecule has 2 rings (SSSR count). The van der Waals surface area contributed by atoms with Gasteiger partial charge in [0.05, 0.1) is 7.11 Å². The molecule has 0 aliphatic carbocycles. The maximum Gasteiger partial charge on any atom is 0.358 e. The Morgan fingerprint density at radius 3 is 2.58 bits per heavy atom. The van der Waals surface area contributed by atoms with Crippen molar-refractivity contribution in [2.45, 2.75) is 33.2 Å². The van der Waals surface area contributed by atoms with Crippen LogP contribution in [0.2, 0.25) is 0 Å². The third-order valence-electron chi connectivity index (χ3n) is 3.34. The molecule has 2 heterocycles. The van der Waals surface area contributed by atoms with Crippen LogP contribution in [0.25, 0.3) is 0 Å². The van der Waals surface area contributed by atoms with Gasteiger partial charge in [-0.3, -0.25) is 4.79 Å². The summed E-state index contributed by atoms with van der Waals surface area (Å²) in [6.07, 6.45) is 1.10. The van der Waals surface area contributed by atoms with Crippen LogP contribution in [0.3, 0.4) is 0 Å². The Labute approximate surface area is 116 Å². The molecule has 2 unspecified atom stereocenters. The van der Waals surface area contributed by atoms with E-state index < -0.39 is 5.97 Å². The molecule has 1 aromatic heterocycles. The van der Waals surface area contributed by atoms with Gasteiger partial charge in [0, 0.05) is 19.5 Å². The fourth-order valence-corrected chi connectivity index (χ4v) is 3.53. The van der Waals surface area contributed by atoms with Crippen molar-refractivity contribution in [2.75, 3.05) is 18.6 Å². The second-order valence-corrected chi connectivity index (χ2v) is 6.04. The molecule has 19 heavy (non-hydrogen) atoms. The zero-order chi connectivity index (χ0) is 14.2. The number of thiazole rings is 1. The average molecular weight is 282 g/mol. The monoisotopic (exact) mass is 282 g/mol. The molecular weight excluding hydrogens is 264 g/mol. The van der Waals surface area contributed by atoms with Gasteiger partial charge in [-0.2, -0.15) is 0 Å². The van der Waals surface area contributed by atoms with Crippen molar-refractivity contribution in [1.82, 2.24) is 4.98 Å². The number of anilines is 1. The first kappa shape index (κ1) is 14.0. The van der Waals surface area contributed by atoms with E-state index in [0.717, 1.165) is 18.1 Å². The summed E-state index contributed by atoms with van der Waals surface area (Å²) in [5.74, 6) is -0.0992. The molecule has 1 saturated heterocycles. The second-order valence-electron chi connectivity index (χ2n) is 5.06. The molecule has 1 fully saturated rings. The standard InChI is InChI=1S/C13H18N2O3S/c1-7-5-8(2)15(6-7)13-14-10(12(17)18-4)11(19-13)9(3)16/h7-8H,5-6H2,1-4H3. The van der Waals surface area contributed by atoms with Crippen LogP contribution >= 0.6 is 11.3 Å². The molecule has 1 aliphatic heterocycles. The van der Waals surface area contributed by atoms with E-state index in [-0.39, 0.29) is 11.5 Å². The highest BCUT2D eigenvalue weighted by atomic mass is 32.1. The lowest BCUT2D eigenvalue weighted by molar-refractivity contribution is 0.0591. The minimum atomic E-state index is -0.549. The fourth-order valence-electron chi connectivity index (χ4n) is 2.47. The summed E-state index contributed by atoms with van der Waals surface area (Å²) in [5, 5.41) is 0.738. The van der Waals surface area contributed by atoms with Crippen molar-refractivity contribution < 1.29 is 14.3 Å². The zero-order valence-corrected chi connectivity index (χ0v) is 12.4. The molecular formula is C13H18N2O3S. The molecule has 0 spiro atoms. The SMILES string of the molecule is COC(=O)c1nc(N2CC(C)CC2C)sc1C(C)=O. The molecule has 0 aromatic carbocycles. The Hall–Kier alpha value is -1.43. The molecule has 0 amide bonds. The van der Waals surface area contributed by atoms with E-state index in [1.165, 1.54) is 25.4 Å². The number of aromatic nitrogens is 1. The van der Waals surface area contributed by atoms with Crippen LogP contribution in [-0.2, 0) is 4.74 Å². The van der Waals surface area contributed by atoms with Crippen molar-refractivity contribution in [3.05, 3.63) is 10.6 Å². The number of hydrogen-bond acceptors (Lipinski definition) is 6. The molecule has 1 aromatic rings. The number of esters is 1. The molecule has 6 heteroatoms. The minimum Gasteiger partial charge on any atom is -0.464 e. The van der Waals surface area contributed by atoms with Gasteiger partial charge < -0.3 is 9.64 Å². The summed E-state index contributed by atoms with van der Waals surface area (Å²) < 4.78 is 4.69. The Morgan fingerprint density at radius 1 is 1.42 bits per heavy atom. The first-order valence-electron chi connectivity index (χ1n) is 6.30. The third kappa shape index (κ3) is 2.63. The second kappa shape index (κ2) is 5.28. The van der Waals surface area contributed by atoms with E-state index in [2.05, 4.69) is 28.5 Å². The lowest BCUT2D eigenvalue weighted by atomic mass is 10.1. The Balaban J connectivity index is 2.38. The predicted octanol–water partition coefficient (Wildman–Crippen LogP) is 2.37. The van der Waals surface area contributed by atoms with Gasteiger partial charge in [-0.05, 0) is 19.3 Å². The summed E-state index contributed by atoms with van der Waals surface area (Å²) >= 11 is 1.28. The summed E-state index contributed by atoms with van der Waals surface area (Å²) in [5.41, 5.74) is 0.141. The van der Waals surface area contributed by atoms with Crippen molar-refractivity contribution in [3.8, 4) is 0 Å². The number of hydrogen-bond donors (Lipinski definition) is 0. The summed E-state index contributed by atoms with van der Waals surface area (Å²) in [4.78, 5) is 30.1. The maximum absolute atomic E-state index is 11.7. The van der Waals surface area contributed by atoms with Crippen molar-refractivity contribution >= 4 is 28.2 Å². The van der Waals surface area contributed by atoms with Crippen LogP contribution < -0.4 is 4.90 Å². The first-order valence-corrected chi connectivity index (χ1v) is 7.12. The number of ether oxygens (including phenoxy) is 1. The molecule has 0 bridgehead atoms. The Bertz CT molecular complexity index is 512. The van der Waals surface area contributed by atoms with Crippen molar-refractivity contribution in [2.24, 2.45) is 5.92 Å². The summed E-state index contributed by atoms with van der Waals surface area (Å²) in [7, 11) is 1.30. The molecule has 5 nitrogen and oxygen atoms in total. The van der Waals surface area contributed by atoms with Crippen LogP contribution in [0.4, 0.5) is 5.13 Å². The Kier molecular flexibility index (Phi) is 3.89. The van der Waals surface area contributed by atoms with E-state index in [9.17, 15) is 9.59 Å². The quantitative estimate of drug-likeness (QED) is 0.629. The molecule has 0 N–H and O–H groups in total. The number of nitrogens with zero attached hydrogens (tertiary/aromatic N) is 2. The number of ketones is 1. The van der Waals surface area contributed by atoms with E-state index in [1.54, 1.807) is 0 Å². The highest BCUT2D eigenvalue weighted by molar-refractivity contribution is 7.17. The van der Waals surface area contributed by atoms with Gasteiger partial charge >= 0.3 is 5.97 Å². The van der Waals surface area contributed by atoms with Crippen LogP contribution in [-0.4, -0.2) is 36.4 Å².